The molecule has 1 aromatic carbocycles. The van der Waals surface area contributed by atoms with Gasteiger partial charge in [-0.1, -0.05) is 5.16 Å². The number of halogens is 1. The lowest BCUT2D eigenvalue weighted by Crippen LogP contribution is -2.28. The number of alkyl halides is 1. The van der Waals surface area contributed by atoms with Crippen LogP contribution in [0.15, 0.2) is 41.4 Å². The number of imidazole rings is 1. The number of nitrogens with zero attached hydrogens (tertiary/aromatic N) is 7. The highest BCUT2D eigenvalue weighted by atomic mass is 19.1. The van der Waals surface area contributed by atoms with Crippen molar-refractivity contribution < 1.29 is 13.7 Å². The third kappa shape index (κ3) is 2.87. The molecule has 5 rings (SSSR count). The van der Waals surface area contributed by atoms with Gasteiger partial charge < -0.3 is 18.7 Å². The Morgan fingerprint density at radius 3 is 2.79 bits per heavy atom. The number of fused-ring (bicyclic) bond motifs is 1. The standard InChI is InChI=1S/C19H18FN7O2/c1-26-11-23-14-16(26)21-10-22-17(14)27-8-7-19(20,9-27)18-24-15(25-29-18)12-3-5-13(28-2)6-4-12/h3-6,10-11H,7-9H2,1-2H3. The van der Waals surface area contributed by atoms with Gasteiger partial charge in [-0.3, -0.25) is 0 Å². The van der Waals surface area contributed by atoms with E-state index in [-0.39, 0.29) is 18.9 Å². The molecular weight excluding hydrogens is 377 g/mol. The molecule has 0 radical (unpaired) electrons. The summed E-state index contributed by atoms with van der Waals surface area (Å²) in [5.41, 5.74) is 0.309. The van der Waals surface area contributed by atoms with Crippen molar-refractivity contribution in [2.24, 2.45) is 7.05 Å². The van der Waals surface area contributed by atoms with Crippen LogP contribution in [0, 0.1) is 0 Å². The van der Waals surface area contributed by atoms with E-state index in [0.29, 0.717) is 29.4 Å². The van der Waals surface area contributed by atoms with Gasteiger partial charge in [0, 0.05) is 25.6 Å². The molecule has 1 atom stereocenters. The lowest BCUT2D eigenvalue weighted by atomic mass is 10.1. The first kappa shape index (κ1) is 17.5. The van der Waals surface area contributed by atoms with Crippen LogP contribution in [-0.4, -0.2) is 49.9 Å². The van der Waals surface area contributed by atoms with E-state index in [0.717, 1.165) is 11.3 Å². The smallest absolute Gasteiger partial charge is 0.266 e. The summed E-state index contributed by atoms with van der Waals surface area (Å²) < 4.78 is 27.9. The first-order valence-corrected chi connectivity index (χ1v) is 9.12. The van der Waals surface area contributed by atoms with Gasteiger partial charge in [0.25, 0.3) is 5.89 Å². The lowest BCUT2D eigenvalue weighted by molar-refractivity contribution is 0.136. The molecule has 1 saturated heterocycles. The summed E-state index contributed by atoms with van der Waals surface area (Å²) in [5.74, 6) is 1.63. The summed E-state index contributed by atoms with van der Waals surface area (Å²) >= 11 is 0. The van der Waals surface area contributed by atoms with E-state index < -0.39 is 5.67 Å². The molecule has 10 heteroatoms. The normalized spacial score (nSPS) is 19.2. The van der Waals surface area contributed by atoms with E-state index in [2.05, 4.69) is 25.1 Å². The lowest BCUT2D eigenvalue weighted by Gasteiger charge is -2.18. The maximum atomic E-state index is 15.7. The molecule has 4 heterocycles. The van der Waals surface area contributed by atoms with Gasteiger partial charge in [0.1, 0.15) is 12.1 Å². The van der Waals surface area contributed by atoms with Crippen molar-refractivity contribution in [2.45, 2.75) is 12.1 Å². The number of anilines is 1. The highest BCUT2D eigenvalue weighted by Crippen LogP contribution is 2.38. The largest absolute Gasteiger partial charge is 0.497 e. The maximum absolute atomic E-state index is 15.7. The van der Waals surface area contributed by atoms with Gasteiger partial charge in [-0.2, -0.15) is 4.98 Å². The summed E-state index contributed by atoms with van der Waals surface area (Å²) in [7, 11) is 3.45. The molecule has 0 amide bonds. The topological polar surface area (TPSA) is 95.0 Å². The van der Waals surface area contributed by atoms with Crippen LogP contribution in [0.4, 0.5) is 10.2 Å². The zero-order valence-electron chi connectivity index (χ0n) is 15.9. The fraction of sp³-hybridized carbons (Fsp3) is 0.316. The molecule has 1 fully saturated rings. The van der Waals surface area contributed by atoms with Crippen LogP contribution in [0.5, 0.6) is 5.75 Å². The fourth-order valence-corrected chi connectivity index (χ4v) is 3.56. The molecule has 148 valence electrons. The molecule has 0 N–H and O–H groups in total. The highest BCUT2D eigenvalue weighted by molar-refractivity contribution is 5.83. The summed E-state index contributed by atoms with van der Waals surface area (Å²) in [5, 5.41) is 3.96. The predicted octanol–water partition coefficient (Wildman–Crippen LogP) is 2.50. The zero-order valence-corrected chi connectivity index (χ0v) is 15.9. The third-order valence-corrected chi connectivity index (χ3v) is 5.15. The summed E-state index contributed by atoms with van der Waals surface area (Å²) in [6.45, 7) is 0.513. The Kier molecular flexibility index (Phi) is 3.93. The molecule has 3 aromatic heterocycles. The molecule has 1 aliphatic heterocycles. The van der Waals surface area contributed by atoms with Crippen LogP contribution in [0.25, 0.3) is 22.6 Å². The molecule has 1 unspecified atom stereocenters. The van der Waals surface area contributed by atoms with E-state index in [9.17, 15) is 0 Å². The Labute approximate surface area is 165 Å². The minimum absolute atomic E-state index is 0.0304. The van der Waals surface area contributed by atoms with Crippen molar-refractivity contribution in [1.82, 2.24) is 29.7 Å². The first-order valence-electron chi connectivity index (χ1n) is 9.12. The quantitative estimate of drug-likeness (QED) is 0.520. The summed E-state index contributed by atoms with van der Waals surface area (Å²) in [4.78, 5) is 19.1. The first-order chi connectivity index (χ1) is 14.1. The number of hydrogen-bond acceptors (Lipinski definition) is 8. The van der Waals surface area contributed by atoms with Crippen LogP contribution in [0.3, 0.4) is 0 Å². The van der Waals surface area contributed by atoms with Crippen molar-refractivity contribution in [3.63, 3.8) is 0 Å². The van der Waals surface area contributed by atoms with E-state index in [1.165, 1.54) is 6.33 Å². The number of rotatable bonds is 4. The SMILES string of the molecule is COc1ccc(-c2noc(C3(F)CCN(c4ncnc5c4ncn5C)C3)n2)cc1. The second-order valence-corrected chi connectivity index (χ2v) is 7.01. The van der Waals surface area contributed by atoms with Gasteiger partial charge in [-0.05, 0) is 24.3 Å². The molecule has 9 nitrogen and oxygen atoms in total. The van der Waals surface area contributed by atoms with Crippen molar-refractivity contribution in [3.8, 4) is 17.1 Å². The Morgan fingerprint density at radius 1 is 1.17 bits per heavy atom. The highest BCUT2D eigenvalue weighted by Gasteiger charge is 2.46. The van der Waals surface area contributed by atoms with Crippen molar-refractivity contribution >= 4 is 17.0 Å². The second kappa shape index (κ2) is 6.50. The molecule has 0 saturated carbocycles. The van der Waals surface area contributed by atoms with Crippen molar-refractivity contribution in [1.29, 1.82) is 0 Å². The van der Waals surface area contributed by atoms with Gasteiger partial charge in [0.2, 0.25) is 11.5 Å². The van der Waals surface area contributed by atoms with Crippen LogP contribution < -0.4 is 9.64 Å². The molecule has 0 bridgehead atoms. The molecule has 0 aliphatic carbocycles. The number of benzene rings is 1. The van der Waals surface area contributed by atoms with Crippen LogP contribution in [0.2, 0.25) is 0 Å². The molecule has 1 aliphatic rings. The van der Waals surface area contributed by atoms with E-state index in [1.54, 1.807) is 42.3 Å². The van der Waals surface area contributed by atoms with Crippen LogP contribution >= 0.6 is 0 Å². The van der Waals surface area contributed by atoms with Crippen molar-refractivity contribution in [2.75, 3.05) is 25.1 Å². The molecule has 29 heavy (non-hydrogen) atoms. The van der Waals surface area contributed by atoms with Gasteiger partial charge in [0.15, 0.2) is 17.0 Å². The summed E-state index contributed by atoms with van der Waals surface area (Å²) in [6, 6.07) is 7.19. The second-order valence-electron chi connectivity index (χ2n) is 7.01. The van der Waals surface area contributed by atoms with E-state index in [1.807, 2.05) is 11.9 Å². The van der Waals surface area contributed by atoms with Gasteiger partial charge in [-0.15, -0.1) is 0 Å². The fourth-order valence-electron chi connectivity index (χ4n) is 3.56. The third-order valence-electron chi connectivity index (χ3n) is 5.15. The average molecular weight is 395 g/mol. The molecule has 4 aromatic rings. The number of hydrogen-bond donors (Lipinski definition) is 0. The minimum atomic E-state index is -1.76. The monoisotopic (exact) mass is 395 g/mol. The Balaban J connectivity index is 1.41. The number of ether oxygens (including phenoxy) is 1. The zero-order chi connectivity index (χ0) is 20.0. The number of aryl methyl sites for hydroxylation is 1. The van der Waals surface area contributed by atoms with E-state index >= 15 is 4.39 Å². The average Bonchev–Trinajstić information content (AvgIpc) is 3.48. The molecular formula is C19H18FN7O2. The van der Waals surface area contributed by atoms with Crippen LogP contribution in [-0.2, 0) is 12.7 Å². The summed E-state index contributed by atoms with van der Waals surface area (Å²) in [6.07, 6.45) is 3.35. The predicted molar refractivity (Wildman–Crippen MR) is 102 cm³/mol. The molecule has 0 spiro atoms. The van der Waals surface area contributed by atoms with E-state index in [4.69, 9.17) is 9.26 Å². The van der Waals surface area contributed by atoms with Crippen LogP contribution in [0.1, 0.15) is 12.3 Å². The van der Waals surface area contributed by atoms with Gasteiger partial charge >= 0.3 is 0 Å². The Hall–Kier alpha value is -3.56. The van der Waals surface area contributed by atoms with Crippen molar-refractivity contribution in [3.05, 3.63) is 42.8 Å². The maximum Gasteiger partial charge on any atom is 0.266 e. The number of methoxy groups -OCH3 is 1. The van der Waals surface area contributed by atoms with Gasteiger partial charge in [0.05, 0.1) is 20.0 Å². The minimum Gasteiger partial charge on any atom is -0.497 e. The Morgan fingerprint density at radius 2 is 2.00 bits per heavy atom. The number of aromatic nitrogens is 6. The Bertz CT molecular complexity index is 1170. The van der Waals surface area contributed by atoms with Gasteiger partial charge in [-0.25, -0.2) is 19.3 Å².